The van der Waals surface area contributed by atoms with Gasteiger partial charge in [0.2, 0.25) is 0 Å². The summed E-state index contributed by atoms with van der Waals surface area (Å²) >= 11 is 0. The van der Waals surface area contributed by atoms with E-state index >= 15 is 0 Å². The molecule has 0 spiro atoms. The van der Waals surface area contributed by atoms with Crippen LogP contribution in [0.2, 0.25) is 0 Å². The highest BCUT2D eigenvalue weighted by atomic mass is 16.5. The molecule has 1 fully saturated rings. The lowest BCUT2D eigenvalue weighted by Crippen LogP contribution is -2.45. The first-order valence-corrected chi connectivity index (χ1v) is 5.38. The molecule has 0 saturated carbocycles. The smallest absolute Gasteiger partial charge is 0.0981 e. The van der Waals surface area contributed by atoms with Crippen LogP contribution in [0, 0.1) is 0 Å². The predicted molar refractivity (Wildman–Crippen MR) is 55.2 cm³/mol. The minimum atomic E-state index is 0.300. The number of nitrogens with one attached hydrogen (secondary N) is 1. The lowest BCUT2D eigenvalue weighted by Gasteiger charge is -2.37. The summed E-state index contributed by atoms with van der Waals surface area (Å²) in [6.45, 7) is 1.85. The van der Waals surface area contributed by atoms with Gasteiger partial charge in [-0.15, -0.1) is 0 Å². The number of rotatable bonds is 0. The third-order valence-corrected chi connectivity index (χ3v) is 3.26. The first-order chi connectivity index (χ1) is 6.95. The van der Waals surface area contributed by atoms with Crippen LogP contribution in [0.15, 0.2) is 24.3 Å². The first-order valence-electron chi connectivity index (χ1n) is 5.38. The van der Waals surface area contributed by atoms with Crippen molar-refractivity contribution in [3.8, 4) is 0 Å². The molecule has 1 aliphatic carbocycles. The fourth-order valence-corrected chi connectivity index (χ4v) is 2.56. The van der Waals surface area contributed by atoms with E-state index in [0.29, 0.717) is 12.1 Å². The zero-order chi connectivity index (χ0) is 9.38. The highest BCUT2D eigenvalue weighted by molar-refractivity contribution is 5.33. The monoisotopic (exact) mass is 189 g/mol. The van der Waals surface area contributed by atoms with Gasteiger partial charge in [0.15, 0.2) is 0 Å². The number of morpholine rings is 1. The Balaban J connectivity index is 1.99. The van der Waals surface area contributed by atoms with Crippen LogP contribution in [0.5, 0.6) is 0 Å². The van der Waals surface area contributed by atoms with Gasteiger partial charge in [-0.05, 0) is 24.0 Å². The number of ether oxygens (including phenoxy) is 1. The van der Waals surface area contributed by atoms with Crippen molar-refractivity contribution < 1.29 is 4.74 Å². The van der Waals surface area contributed by atoms with Crippen LogP contribution in [0.1, 0.15) is 23.7 Å². The normalized spacial score (nSPS) is 30.6. The molecule has 0 bridgehead atoms. The second-order valence-electron chi connectivity index (χ2n) is 4.09. The Labute approximate surface area is 84.3 Å². The maximum absolute atomic E-state index is 5.85. The summed E-state index contributed by atoms with van der Waals surface area (Å²) < 4.78 is 5.85. The summed E-state index contributed by atoms with van der Waals surface area (Å²) in [4.78, 5) is 0. The van der Waals surface area contributed by atoms with E-state index in [2.05, 4.69) is 29.6 Å². The van der Waals surface area contributed by atoms with E-state index in [0.717, 1.165) is 13.2 Å². The lowest BCUT2D eigenvalue weighted by atomic mass is 9.85. The Bertz CT molecular complexity index is 337. The molecule has 3 rings (SSSR count). The van der Waals surface area contributed by atoms with Gasteiger partial charge in [0, 0.05) is 12.6 Å². The van der Waals surface area contributed by atoms with Crippen LogP contribution < -0.4 is 5.32 Å². The highest BCUT2D eigenvalue weighted by Crippen LogP contribution is 2.33. The third-order valence-electron chi connectivity index (χ3n) is 3.26. The first kappa shape index (κ1) is 8.45. The van der Waals surface area contributed by atoms with Gasteiger partial charge in [0.25, 0.3) is 0 Å². The van der Waals surface area contributed by atoms with E-state index in [1.54, 1.807) is 0 Å². The summed E-state index contributed by atoms with van der Waals surface area (Å²) in [6.07, 6.45) is 2.70. The van der Waals surface area contributed by atoms with E-state index in [9.17, 15) is 0 Å². The molecule has 1 saturated heterocycles. The standard InChI is InChI=1S/C12H15NO/c1-2-4-10-9(3-1)5-6-11-12(10)14-8-7-13-11/h1-4,11-13H,5-8H2. The Morgan fingerprint density at radius 2 is 2.21 bits per heavy atom. The zero-order valence-corrected chi connectivity index (χ0v) is 8.20. The largest absolute Gasteiger partial charge is 0.371 e. The van der Waals surface area contributed by atoms with Crippen LogP contribution in [0.3, 0.4) is 0 Å². The van der Waals surface area contributed by atoms with Crippen LogP contribution in [0.25, 0.3) is 0 Å². The molecule has 2 nitrogen and oxygen atoms in total. The molecular formula is C12H15NO. The number of hydrogen-bond donors (Lipinski definition) is 1. The second kappa shape index (κ2) is 3.37. The number of aryl methyl sites for hydroxylation is 1. The zero-order valence-electron chi connectivity index (χ0n) is 8.20. The van der Waals surface area contributed by atoms with Crippen molar-refractivity contribution in [1.29, 1.82) is 0 Å². The highest BCUT2D eigenvalue weighted by Gasteiger charge is 2.31. The van der Waals surface area contributed by atoms with Crippen molar-refractivity contribution in [2.45, 2.75) is 25.0 Å². The topological polar surface area (TPSA) is 21.3 Å². The Kier molecular flexibility index (Phi) is 2.03. The molecule has 2 atom stereocenters. The number of hydrogen-bond acceptors (Lipinski definition) is 2. The van der Waals surface area contributed by atoms with Crippen LogP contribution >= 0.6 is 0 Å². The summed E-state index contributed by atoms with van der Waals surface area (Å²) in [6, 6.07) is 9.20. The molecule has 1 aromatic carbocycles. The molecule has 2 heteroatoms. The molecule has 1 aromatic rings. The fraction of sp³-hybridized carbons (Fsp3) is 0.500. The summed E-state index contributed by atoms with van der Waals surface area (Å²) in [5.41, 5.74) is 2.87. The molecule has 74 valence electrons. The molecule has 0 radical (unpaired) electrons. The molecule has 1 heterocycles. The van der Waals surface area contributed by atoms with Gasteiger partial charge >= 0.3 is 0 Å². The van der Waals surface area contributed by atoms with Crippen molar-refractivity contribution in [3.63, 3.8) is 0 Å². The van der Waals surface area contributed by atoms with E-state index in [-0.39, 0.29) is 0 Å². The average Bonchev–Trinajstić information content (AvgIpc) is 2.29. The minimum absolute atomic E-state index is 0.300. The quantitative estimate of drug-likeness (QED) is 0.670. The van der Waals surface area contributed by atoms with E-state index < -0.39 is 0 Å². The molecule has 2 aliphatic rings. The van der Waals surface area contributed by atoms with Gasteiger partial charge < -0.3 is 10.1 Å². The van der Waals surface area contributed by atoms with E-state index in [1.807, 2.05) is 0 Å². The molecule has 0 amide bonds. The van der Waals surface area contributed by atoms with E-state index in [1.165, 1.54) is 24.0 Å². The van der Waals surface area contributed by atoms with Gasteiger partial charge in [-0.1, -0.05) is 24.3 Å². The van der Waals surface area contributed by atoms with Crippen molar-refractivity contribution in [2.75, 3.05) is 13.2 Å². The summed E-state index contributed by atoms with van der Waals surface area (Å²) in [7, 11) is 0. The molecular weight excluding hydrogens is 174 g/mol. The summed E-state index contributed by atoms with van der Waals surface area (Å²) in [5.74, 6) is 0. The third kappa shape index (κ3) is 1.26. The Morgan fingerprint density at radius 3 is 3.21 bits per heavy atom. The number of benzene rings is 1. The number of fused-ring (bicyclic) bond motifs is 3. The van der Waals surface area contributed by atoms with Crippen molar-refractivity contribution in [3.05, 3.63) is 35.4 Å². The maximum Gasteiger partial charge on any atom is 0.0981 e. The van der Waals surface area contributed by atoms with Gasteiger partial charge in [-0.25, -0.2) is 0 Å². The Morgan fingerprint density at radius 1 is 1.29 bits per heavy atom. The van der Waals surface area contributed by atoms with Gasteiger partial charge in [0.05, 0.1) is 12.7 Å². The fourth-order valence-electron chi connectivity index (χ4n) is 2.56. The molecule has 1 aliphatic heterocycles. The molecule has 1 N–H and O–H groups in total. The molecule has 0 aromatic heterocycles. The van der Waals surface area contributed by atoms with Crippen molar-refractivity contribution in [2.24, 2.45) is 0 Å². The average molecular weight is 189 g/mol. The van der Waals surface area contributed by atoms with Gasteiger partial charge in [-0.2, -0.15) is 0 Å². The lowest BCUT2D eigenvalue weighted by molar-refractivity contribution is -0.0127. The molecule has 14 heavy (non-hydrogen) atoms. The van der Waals surface area contributed by atoms with Crippen LogP contribution in [-0.4, -0.2) is 19.2 Å². The summed E-state index contributed by atoms with van der Waals surface area (Å²) in [5, 5.41) is 3.54. The van der Waals surface area contributed by atoms with Gasteiger partial charge in [-0.3, -0.25) is 0 Å². The van der Waals surface area contributed by atoms with Crippen LogP contribution in [0.4, 0.5) is 0 Å². The Hall–Kier alpha value is -0.860. The van der Waals surface area contributed by atoms with Crippen molar-refractivity contribution in [1.82, 2.24) is 5.32 Å². The maximum atomic E-state index is 5.85. The van der Waals surface area contributed by atoms with Gasteiger partial charge in [0.1, 0.15) is 0 Å². The van der Waals surface area contributed by atoms with Crippen molar-refractivity contribution >= 4 is 0 Å². The second-order valence-corrected chi connectivity index (χ2v) is 4.09. The molecule has 2 unspecified atom stereocenters. The van der Waals surface area contributed by atoms with Crippen LogP contribution in [-0.2, 0) is 11.2 Å². The van der Waals surface area contributed by atoms with E-state index in [4.69, 9.17) is 4.74 Å². The minimum Gasteiger partial charge on any atom is -0.371 e. The predicted octanol–water partition coefficient (Wildman–Crippen LogP) is 1.66. The SMILES string of the molecule is c1ccc2c(c1)CCC1NCCOC21.